The summed E-state index contributed by atoms with van der Waals surface area (Å²) in [5.74, 6) is 0. The second kappa shape index (κ2) is 6.41. The van der Waals surface area contributed by atoms with Crippen LogP contribution in [0.25, 0.3) is 10.9 Å². The van der Waals surface area contributed by atoms with E-state index in [1.807, 2.05) is 0 Å². The van der Waals surface area contributed by atoms with Crippen molar-refractivity contribution in [3.63, 3.8) is 0 Å². The molecule has 2 bridgehead atoms. The van der Waals surface area contributed by atoms with E-state index in [-0.39, 0.29) is 11.1 Å². The van der Waals surface area contributed by atoms with Gasteiger partial charge in [-0.3, -0.25) is 0 Å². The van der Waals surface area contributed by atoms with E-state index in [1.54, 1.807) is 0 Å². The number of hydrogen-bond acceptors (Lipinski definition) is 1. The van der Waals surface area contributed by atoms with E-state index in [0.717, 1.165) is 6.16 Å². The monoisotopic (exact) mass is 398 g/mol. The van der Waals surface area contributed by atoms with E-state index in [1.165, 1.54) is 33.2 Å². The fraction of sp³-hybridized carbons (Fsp3) is 0.154. The molecule has 0 aromatic heterocycles. The van der Waals surface area contributed by atoms with Crippen LogP contribution in [-0.4, -0.2) is 6.16 Å². The molecule has 0 spiro atoms. The molecule has 0 aliphatic carbocycles. The number of hydrogen-bond donors (Lipinski definition) is 0. The fourth-order valence-corrected chi connectivity index (χ4v) is 12.0. The normalized spacial score (nSPS) is 28.8. The lowest BCUT2D eigenvalue weighted by Crippen LogP contribution is -2.20. The molecule has 2 aliphatic heterocycles. The summed E-state index contributed by atoms with van der Waals surface area (Å²) in [6.45, 7) is 7.02. The second-order valence-corrected chi connectivity index (χ2v) is 12.9. The van der Waals surface area contributed by atoms with Gasteiger partial charge in [0.15, 0.2) is 0 Å². The third kappa shape index (κ3) is 2.40. The Balaban J connectivity index is 1.83. The van der Waals surface area contributed by atoms with Gasteiger partial charge in [0, 0.05) is 11.1 Å². The standard InChI is InChI=1S/C26H23PS/c1-19-24(21-14-8-4-9-15-21)27(28)18-26(19,2)23(20-12-6-3-7-13-20)25(27)22-16-10-5-11-17-22/h3-17,24H,1,18H2,2H3/t24-,26+,27+/m1/s1. The van der Waals surface area contributed by atoms with Gasteiger partial charge >= 0.3 is 0 Å². The van der Waals surface area contributed by atoms with E-state index in [4.69, 9.17) is 11.8 Å². The van der Waals surface area contributed by atoms with Crippen LogP contribution in [0.1, 0.15) is 29.3 Å². The lowest BCUT2D eigenvalue weighted by Gasteiger charge is -2.36. The highest BCUT2D eigenvalue weighted by Crippen LogP contribution is 2.87. The molecule has 0 amide bonds. The Labute approximate surface area is 172 Å². The molecule has 28 heavy (non-hydrogen) atoms. The predicted octanol–water partition coefficient (Wildman–Crippen LogP) is 7.37. The number of fused-ring (bicyclic) bond motifs is 2. The minimum atomic E-state index is -1.87. The molecule has 2 heterocycles. The molecule has 1 saturated heterocycles. The first-order valence-corrected chi connectivity index (χ1v) is 12.8. The van der Waals surface area contributed by atoms with Gasteiger partial charge in [0.2, 0.25) is 0 Å². The smallest absolute Gasteiger partial charge is 0.0385 e. The molecule has 2 aliphatic rings. The first kappa shape index (κ1) is 17.9. The van der Waals surface area contributed by atoms with Crippen LogP contribution in [0, 0.1) is 5.41 Å². The summed E-state index contributed by atoms with van der Waals surface area (Å²) >= 11 is 6.64. The fourth-order valence-electron chi connectivity index (χ4n) is 5.21. The summed E-state index contributed by atoms with van der Waals surface area (Å²) in [6.07, 6.45) is 1.04. The highest BCUT2D eigenvalue weighted by atomic mass is 32.4. The molecular formula is C26H23PS. The van der Waals surface area contributed by atoms with Crippen molar-refractivity contribution in [1.29, 1.82) is 0 Å². The molecule has 0 N–H and O–H groups in total. The van der Waals surface area contributed by atoms with E-state index >= 15 is 0 Å². The minimum absolute atomic E-state index is 0.0669. The molecule has 3 aromatic rings. The average Bonchev–Trinajstić information content (AvgIpc) is 3.10. The van der Waals surface area contributed by atoms with Gasteiger partial charge in [0.05, 0.1) is 0 Å². The molecule has 0 nitrogen and oxygen atoms in total. The van der Waals surface area contributed by atoms with Gasteiger partial charge in [-0.15, -0.1) is 0 Å². The zero-order valence-electron chi connectivity index (χ0n) is 16.0. The Kier molecular flexibility index (Phi) is 4.09. The van der Waals surface area contributed by atoms with Gasteiger partial charge in [0.25, 0.3) is 0 Å². The van der Waals surface area contributed by atoms with Crippen molar-refractivity contribution in [2.75, 3.05) is 6.16 Å². The van der Waals surface area contributed by atoms with Crippen molar-refractivity contribution in [3.8, 4) is 0 Å². The molecule has 0 unspecified atom stereocenters. The van der Waals surface area contributed by atoms with Crippen LogP contribution in [0.3, 0.4) is 0 Å². The molecule has 3 aromatic carbocycles. The maximum absolute atomic E-state index is 6.64. The molecule has 2 heteroatoms. The van der Waals surface area contributed by atoms with E-state index in [2.05, 4.69) is 104 Å². The van der Waals surface area contributed by atoms with Crippen molar-refractivity contribution >= 4 is 28.7 Å². The van der Waals surface area contributed by atoms with Crippen LogP contribution < -0.4 is 0 Å². The lowest BCUT2D eigenvalue weighted by atomic mass is 9.72. The second-order valence-electron chi connectivity index (χ2n) is 8.08. The maximum atomic E-state index is 6.64. The molecular weight excluding hydrogens is 375 g/mol. The zero-order valence-corrected chi connectivity index (χ0v) is 17.7. The third-order valence-corrected chi connectivity index (χ3v) is 11.8. The summed E-state index contributed by atoms with van der Waals surface area (Å²) in [5, 5.41) is 1.43. The summed E-state index contributed by atoms with van der Waals surface area (Å²) in [5.41, 5.74) is 6.85. The summed E-state index contributed by atoms with van der Waals surface area (Å²) < 4.78 is 0. The van der Waals surface area contributed by atoms with Crippen LogP contribution in [0.15, 0.2) is 103 Å². The van der Waals surface area contributed by atoms with E-state index in [0.29, 0.717) is 0 Å². The first-order chi connectivity index (χ1) is 13.6. The molecule has 5 rings (SSSR count). The molecule has 1 fully saturated rings. The lowest BCUT2D eigenvalue weighted by molar-refractivity contribution is 0.624. The molecule has 138 valence electrons. The molecule has 3 atom stereocenters. The maximum Gasteiger partial charge on any atom is 0.0385 e. The quantitative estimate of drug-likeness (QED) is 0.328. The van der Waals surface area contributed by atoms with Crippen molar-refractivity contribution in [2.24, 2.45) is 5.41 Å². The van der Waals surface area contributed by atoms with Crippen LogP contribution in [0.2, 0.25) is 0 Å². The zero-order chi connectivity index (χ0) is 19.4. The average molecular weight is 399 g/mol. The summed E-state index contributed by atoms with van der Waals surface area (Å²) in [4.78, 5) is 0. The van der Waals surface area contributed by atoms with Gasteiger partial charge in [-0.25, -0.2) is 0 Å². The predicted molar refractivity (Wildman–Crippen MR) is 125 cm³/mol. The van der Waals surface area contributed by atoms with E-state index in [9.17, 15) is 0 Å². The molecule has 0 saturated carbocycles. The summed E-state index contributed by atoms with van der Waals surface area (Å²) in [6, 6.07) is 30.6. The highest BCUT2D eigenvalue weighted by Gasteiger charge is 2.60. The van der Waals surface area contributed by atoms with Gasteiger partial charge in [-0.05, 0) is 39.8 Å². The Morgan fingerprint density at radius 2 is 1.32 bits per heavy atom. The van der Waals surface area contributed by atoms with Crippen LogP contribution in [-0.2, 0) is 11.8 Å². The van der Waals surface area contributed by atoms with Crippen LogP contribution >= 0.6 is 6.04 Å². The van der Waals surface area contributed by atoms with Crippen molar-refractivity contribution < 1.29 is 0 Å². The minimum Gasteiger partial charge on any atom is -0.0979 e. The van der Waals surface area contributed by atoms with Crippen molar-refractivity contribution in [2.45, 2.75) is 12.6 Å². The first-order valence-electron chi connectivity index (χ1n) is 9.75. The van der Waals surface area contributed by atoms with E-state index < -0.39 is 6.04 Å². The van der Waals surface area contributed by atoms with Crippen LogP contribution in [0.4, 0.5) is 0 Å². The van der Waals surface area contributed by atoms with Crippen molar-refractivity contribution in [1.82, 2.24) is 0 Å². The van der Waals surface area contributed by atoms with Crippen LogP contribution in [0.5, 0.6) is 0 Å². The Hall–Kier alpha value is -2.21. The van der Waals surface area contributed by atoms with Gasteiger partial charge in [0.1, 0.15) is 0 Å². The number of allylic oxidation sites excluding steroid dienone is 2. The SMILES string of the molecule is C=C1[C@H](c2ccccc2)[P@@]2(=S)C[C@]1(C)C(c1ccccc1)=C2c1ccccc1. The topological polar surface area (TPSA) is 0 Å². The largest absolute Gasteiger partial charge is 0.0979 e. The van der Waals surface area contributed by atoms with Gasteiger partial charge in [-0.1, -0.05) is 122 Å². The van der Waals surface area contributed by atoms with Gasteiger partial charge < -0.3 is 0 Å². The Bertz CT molecular complexity index is 1130. The number of benzene rings is 3. The Morgan fingerprint density at radius 1 is 0.821 bits per heavy atom. The highest BCUT2D eigenvalue weighted by molar-refractivity contribution is 8.20. The summed E-state index contributed by atoms with van der Waals surface area (Å²) in [7, 11) is 0. The molecule has 0 radical (unpaired) electrons. The van der Waals surface area contributed by atoms with Gasteiger partial charge in [-0.2, -0.15) is 0 Å². The third-order valence-electron chi connectivity index (χ3n) is 6.40. The van der Waals surface area contributed by atoms with Crippen molar-refractivity contribution in [3.05, 3.63) is 120 Å². The Morgan fingerprint density at radius 3 is 1.89 bits per heavy atom. The number of rotatable bonds is 3.